The first-order chi connectivity index (χ1) is 14.2. The number of rotatable bonds is 3. The number of nitrogens with one attached hydrogen (secondary N) is 1. The van der Waals surface area contributed by atoms with Gasteiger partial charge in [-0.2, -0.15) is 0 Å². The molecule has 148 valence electrons. The van der Waals surface area contributed by atoms with Crippen LogP contribution < -0.4 is 15.0 Å². The van der Waals surface area contributed by atoms with Gasteiger partial charge in [0.25, 0.3) is 11.5 Å². The lowest BCUT2D eigenvalue weighted by Crippen LogP contribution is -2.48. The number of benzene rings is 2. The van der Waals surface area contributed by atoms with Crippen LogP contribution in [0.15, 0.2) is 53.3 Å². The van der Waals surface area contributed by atoms with E-state index < -0.39 is 0 Å². The van der Waals surface area contributed by atoms with E-state index in [0.29, 0.717) is 36.7 Å². The van der Waals surface area contributed by atoms with E-state index in [9.17, 15) is 9.59 Å². The Bertz CT molecular complexity index is 1130. The minimum Gasteiger partial charge on any atom is -0.454 e. The fraction of sp³-hybridized carbons (Fsp3) is 0.273. The van der Waals surface area contributed by atoms with Crippen molar-refractivity contribution in [3.05, 3.63) is 70.0 Å². The van der Waals surface area contributed by atoms with Crippen LogP contribution >= 0.6 is 0 Å². The highest BCUT2D eigenvalue weighted by atomic mass is 16.7. The molecule has 2 aromatic carbocycles. The van der Waals surface area contributed by atoms with Gasteiger partial charge in [-0.1, -0.05) is 18.2 Å². The van der Waals surface area contributed by atoms with Crippen molar-refractivity contribution in [3.8, 4) is 11.5 Å². The summed E-state index contributed by atoms with van der Waals surface area (Å²) in [6.07, 6.45) is 0. The van der Waals surface area contributed by atoms with E-state index in [-0.39, 0.29) is 18.3 Å². The number of fused-ring (bicyclic) bond motifs is 2. The molecule has 1 fully saturated rings. The minimum absolute atomic E-state index is 0.00787. The maximum Gasteiger partial charge on any atom is 0.254 e. The van der Waals surface area contributed by atoms with Crippen LogP contribution in [-0.2, 0) is 6.54 Å². The van der Waals surface area contributed by atoms with Crippen molar-refractivity contribution in [1.82, 2.24) is 14.8 Å². The van der Waals surface area contributed by atoms with Crippen LogP contribution in [0, 0.1) is 0 Å². The first-order valence-electron chi connectivity index (χ1n) is 9.69. The van der Waals surface area contributed by atoms with Crippen LogP contribution in [0.3, 0.4) is 0 Å². The monoisotopic (exact) mass is 391 g/mol. The molecule has 3 heterocycles. The van der Waals surface area contributed by atoms with Crippen LogP contribution in [0.4, 0.5) is 0 Å². The molecule has 0 saturated carbocycles. The van der Waals surface area contributed by atoms with E-state index >= 15 is 0 Å². The molecule has 2 aliphatic rings. The molecule has 1 amide bonds. The molecule has 0 spiro atoms. The predicted octanol–water partition coefficient (Wildman–Crippen LogP) is 2.21. The SMILES string of the molecule is O=C(c1ccc2c(c1)OCO2)N1CCN(Cc2cc3ccccc3[nH]c2=O)CC1. The average Bonchev–Trinajstić information content (AvgIpc) is 3.22. The number of H-pyrrole nitrogens is 1. The van der Waals surface area contributed by atoms with E-state index in [1.165, 1.54) is 0 Å². The van der Waals surface area contributed by atoms with Gasteiger partial charge in [-0.25, -0.2) is 0 Å². The fourth-order valence-corrected chi connectivity index (χ4v) is 3.87. The zero-order valence-corrected chi connectivity index (χ0v) is 15.9. The summed E-state index contributed by atoms with van der Waals surface area (Å²) in [6, 6.07) is 15.0. The number of para-hydroxylation sites is 1. The Kier molecular flexibility index (Phi) is 4.44. The molecule has 0 unspecified atom stereocenters. The third-order valence-electron chi connectivity index (χ3n) is 5.50. The normalized spacial score (nSPS) is 16.3. The lowest BCUT2D eigenvalue weighted by Gasteiger charge is -2.34. The van der Waals surface area contributed by atoms with Crippen LogP contribution in [0.5, 0.6) is 11.5 Å². The first-order valence-corrected chi connectivity index (χ1v) is 9.69. The Morgan fingerprint density at radius 3 is 2.62 bits per heavy atom. The molecule has 1 N–H and O–H groups in total. The number of piperazine rings is 1. The zero-order chi connectivity index (χ0) is 19.8. The van der Waals surface area contributed by atoms with Crippen molar-refractivity contribution >= 4 is 16.8 Å². The van der Waals surface area contributed by atoms with Gasteiger partial charge < -0.3 is 19.4 Å². The quantitative estimate of drug-likeness (QED) is 0.741. The third-order valence-corrected chi connectivity index (χ3v) is 5.50. The van der Waals surface area contributed by atoms with E-state index in [2.05, 4.69) is 9.88 Å². The number of carbonyl (C=O) groups is 1. The largest absolute Gasteiger partial charge is 0.454 e. The summed E-state index contributed by atoms with van der Waals surface area (Å²) in [7, 11) is 0. The van der Waals surface area contributed by atoms with Crippen molar-refractivity contribution in [2.45, 2.75) is 6.54 Å². The van der Waals surface area contributed by atoms with E-state index in [4.69, 9.17) is 9.47 Å². The topological polar surface area (TPSA) is 74.9 Å². The summed E-state index contributed by atoms with van der Waals surface area (Å²) in [4.78, 5) is 32.2. The lowest BCUT2D eigenvalue weighted by atomic mass is 10.1. The molecule has 7 nitrogen and oxygen atoms in total. The summed E-state index contributed by atoms with van der Waals surface area (Å²) in [5.74, 6) is 1.28. The number of ether oxygens (including phenoxy) is 2. The molecule has 0 bridgehead atoms. The summed E-state index contributed by atoms with van der Waals surface area (Å²) in [6.45, 7) is 3.47. The van der Waals surface area contributed by atoms with E-state index in [1.54, 1.807) is 18.2 Å². The highest BCUT2D eigenvalue weighted by Gasteiger charge is 2.24. The Hall–Kier alpha value is -3.32. The molecule has 0 radical (unpaired) electrons. The highest BCUT2D eigenvalue weighted by molar-refractivity contribution is 5.95. The number of pyridine rings is 1. The summed E-state index contributed by atoms with van der Waals surface area (Å²) in [5, 5.41) is 1.03. The van der Waals surface area contributed by atoms with Gasteiger partial charge in [0.1, 0.15) is 0 Å². The Balaban J connectivity index is 1.24. The first kappa shape index (κ1) is 17.8. The van der Waals surface area contributed by atoms with Gasteiger partial charge in [0.05, 0.1) is 0 Å². The molecular weight excluding hydrogens is 370 g/mol. The molecule has 3 aromatic rings. The number of aromatic amines is 1. The van der Waals surface area contributed by atoms with Crippen molar-refractivity contribution in [3.63, 3.8) is 0 Å². The number of carbonyl (C=O) groups excluding carboxylic acids is 1. The summed E-state index contributed by atoms with van der Waals surface area (Å²) < 4.78 is 10.7. The number of aromatic nitrogens is 1. The number of amides is 1. The maximum absolute atomic E-state index is 12.8. The van der Waals surface area contributed by atoms with E-state index in [0.717, 1.165) is 29.6 Å². The van der Waals surface area contributed by atoms with E-state index in [1.807, 2.05) is 35.2 Å². The molecular formula is C22H21N3O4. The van der Waals surface area contributed by atoms with Crippen molar-refractivity contribution < 1.29 is 14.3 Å². The molecule has 2 aliphatic heterocycles. The molecule has 0 atom stereocenters. The van der Waals surface area contributed by atoms with Crippen molar-refractivity contribution in [2.24, 2.45) is 0 Å². The Morgan fingerprint density at radius 2 is 1.76 bits per heavy atom. The average molecular weight is 391 g/mol. The molecule has 1 saturated heterocycles. The molecule has 0 aliphatic carbocycles. The standard InChI is InChI=1S/C22H21N3O4/c26-21-17(11-15-3-1-2-4-18(15)23-21)13-24-7-9-25(10-8-24)22(27)16-5-6-19-20(12-16)29-14-28-19/h1-6,11-12H,7-10,13-14H2,(H,23,26). The Morgan fingerprint density at radius 1 is 0.966 bits per heavy atom. The summed E-state index contributed by atoms with van der Waals surface area (Å²) >= 11 is 0. The lowest BCUT2D eigenvalue weighted by molar-refractivity contribution is 0.0627. The molecule has 29 heavy (non-hydrogen) atoms. The molecule has 5 rings (SSSR count). The van der Waals surface area contributed by atoms with Crippen LogP contribution in [0.1, 0.15) is 15.9 Å². The number of hydrogen-bond donors (Lipinski definition) is 1. The van der Waals surface area contributed by atoms with Gasteiger partial charge in [-0.3, -0.25) is 14.5 Å². The zero-order valence-electron chi connectivity index (χ0n) is 15.9. The van der Waals surface area contributed by atoms with Gasteiger partial charge >= 0.3 is 0 Å². The maximum atomic E-state index is 12.8. The van der Waals surface area contributed by atoms with Crippen molar-refractivity contribution in [2.75, 3.05) is 33.0 Å². The van der Waals surface area contributed by atoms with Gasteiger partial charge in [-0.05, 0) is 35.7 Å². The summed E-state index contributed by atoms with van der Waals surface area (Å²) in [5.41, 5.74) is 2.15. The second-order valence-electron chi connectivity index (χ2n) is 7.35. The number of hydrogen-bond acceptors (Lipinski definition) is 5. The number of nitrogens with zero attached hydrogens (tertiary/aromatic N) is 2. The van der Waals surface area contributed by atoms with Gasteiger partial charge in [0.15, 0.2) is 11.5 Å². The van der Waals surface area contributed by atoms with Gasteiger partial charge in [-0.15, -0.1) is 0 Å². The van der Waals surface area contributed by atoms with Gasteiger partial charge in [0.2, 0.25) is 6.79 Å². The van der Waals surface area contributed by atoms with Crippen LogP contribution in [-0.4, -0.2) is 53.7 Å². The van der Waals surface area contributed by atoms with Crippen molar-refractivity contribution in [1.29, 1.82) is 0 Å². The third kappa shape index (κ3) is 3.45. The fourth-order valence-electron chi connectivity index (χ4n) is 3.87. The second kappa shape index (κ2) is 7.25. The smallest absolute Gasteiger partial charge is 0.254 e. The molecule has 1 aromatic heterocycles. The minimum atomic E-state index is -0.0532. The second-order valence-corrected chi connectivity index (χ2v) is 7.35. The Labute approximate surface area is 167 Å². The van der Waals surface area contributed by atoms with Crippen LogP contribution in [0.2, 0.25) is 0 Å². The highest BCUT2D eigenvalue weighted by Crippen LogP contribution is 2.32. The van der Waals surface area contributed by atoms with Crippen LogP contribution in [0.25, 0.3) is 10.9 Å². The predicted molar refractivity (Wildman–Crippen MR) is 108 cm³/mol. The molecule has 7 heteroatoms. The van der Waals surface area contributed by atoms with Gasteiger partial charge in [0, 0.05) is 49.4 Å².